The molecule has 2 aliphatic heterocycles. The van der Waals surface area contributed by atoms with E-state index < -0.39 is 13.0 Å². The Hall–Kier alpha value is -3.29. The van der Waals surface area contributed by atoms with Gasteiger partial charge in [-0.15, -0.1) is 0 Å². The van der Waals surface area contributed by atoms with E-state index >= 15 is 0 Å². The molecule has 1 aromatic heterocycles. The van der Waals surface area contributed by atoms with Gasteiger partial charge < -0.3 is 25.5 Å². The largest absolute Gasteiger partial charge is 0.552 e. The Morgan fingerprint density at radius 1 is 1.52 bits per heavy atom. The highest BCUT2D eigenvalue weighted by Crippen LogP contribution is 2.34. The lowest BCUT2D eigenvalue weighted by Gasteiger charge is -2.27. The first-order valence-electron chi connectivity index (χ1n) is 9.27. The van der Waals surface area contributed by atoms with Crippen molar-refractivity contribution in [3.05, 3.63) is 41.0 Å². The van der Waals surface area contributed by atoms with Crippen LogP contribution in [0, 0.1) is 24.2 Å². The number of carbonyl (C=O) groups is 1. The van der Waals surface area contributed by atoms with Gasteiger partial charge in [-0.3, -0.25) is 9.48 Å². The average molecular weight is 393 g/mol. The van der Waals surface area contributed by atoms with E-state index in [4.69, 9.17) is 15.1 Å². The molecule has 148 valence electrons. The first-order valence-corrected chi connectivity index (χ1v) is 9.27. The van der Waals surface area contributed by atoms with Crippen LogP contribution in [0.5, 0.6) is 5.75 Å². The first kappa shape index (κ1) is 19.0. The molecule has 1 saturated heterocycles. The minimum absolute atomic E-state index is 0.228. The van der Waals surface area contributed by atoms with Crippen molar-refractivity contribution >= 4 is 30.6 Å². The smallest absolute Gasteiger partial charge is 0.532 e. The highest BCUT2D eigenvalue weighted by molar-refractivity contribution is 6.51. The van der Waals surface area contributed by atoms with Crippen LogP contribution in [0.3, 0.4) is 0 Å². The van der Waals surface area contributed by atoms with Crippen LogP contribution >= 0.6 is 0 Å². The molecule has 2 aromatic rings. The molecule has 2 aliphatic rings. The van der Waals surface area contributed by atoms with Gasteiger partial charge in [0.1, 0.15) is 11.3 Å². The lowest BCUT2D eigenvalue weighted by molar-refractivity contribution is 0.0342. The number of ether oxygens (including phenoxy) is 1. The number of nitrogens with one attached hydrogen (secondary N) is 1. The van der Waals surface area contributed by atoms with Crippen molar-refractivity contribution in [3.8, 4) is 11.8 Å². The molecule has 1 unspecified atom stereocenters. The summed E-state index contributed by atoms with van der Waals surface area (Å²) in [5.74, 6) is 1.55. The van der Waals surface area contributed by atoms with Crippen LogP contribution < -0.4 is 15.7 Å². The molecule has 0 spiro atoms. The summed E-state index contributed by atoms with van der Waals surface area (Å²) in [4.78, 5) is 12.0. The Balaban J connectivity index is 1.68. The van der Waals surface area contributed by atoms with E-state index in [0.717, 1.165) is 16.8 Å². The molecule has 9 nitrogen and oxygen atoms in total. The first-order chi connectivity index (χ1) is 14.0. The summed E-state index contributed by atoms with van der Waals surface area (Å²) < 4.78 is 12.5. The van der Waals surface area contributed by atoms with E-state index in [-0.39, 0.29) is 17.5 Å². The van der Waals surface area contributed by atoms with E-state index in [0.29, 0.717) is 31.2 Å². The lowest BCUT2D eigenvalue weighted by Crippen LogP contribution is -2.29. The Morgan fingerprint density at radius 3 is 3.10 bits per heavy atom. The van der Waals surface area contributed by atoms with Crippen LogP contribution in [0.2, 0.25) is 0 Å². The van der Waals surface area contributed by atoms with Gasteiger partial charge in [-0.2, -0.15) is 10.4 Å². The minimum Gasteiger partial charge on any atom is -0.532 e. The maximum absolute atomic E-state index is 12.0. The van der Waals surface area contributed by atoms with Crippen molar-refractivity contribution in [1.82, 2.24) is 9.78 Å². The normalized spacial score (nSPS) is 20.5. The zero-order valence-corrected chi connectivity index (χ0v) is 15.8. The molecule has 3 heterocycles. The van der Waals surface area contributed by atoms with E-state index in [9.17, 15) is 15.1 Å². The molecular weight excluding hydrogens is 373 g/mol. The fraction of sp³-hybridized carbons (Fsp3) is 0.316. The number of anilines is 2. The highest BCUT2D eigenvalue weighted by Gasteiger charge is 2.30. The second kappa shape index (κ2) is 7.62. The number of hydrogen-bond acceptors (Lipinski definition) is 7. The van der Waals surface area contributed by atoms with E-state index in [1.165, 1.54) is 0 Å². The van der Waals surface area contributed by atoms with Crippen LogP contribution in [0.4, 0.5) is 11.5 Å². The zero-order valence-electron chi connectivity index (χ0n) is 15.8. The lowest BCUT2D eigenvalue weighted by atomic mass is 9.85. The maximum atomic E-state index is 12.0. The van der Waals surface area contributed by atoms with Gasteiger partial charge in [0.2, 0.25) is 0 Å². The predicted molar refractivity (Wildman–Crippen MR) is 106 cm³/mol. The summed E-state index contributed by atoms with van der Waals surface area (Å²) in [6.07, 6.45) is 3.95. The molecule has 1 amide bonds. The predicted octanol–water partition coefficient (Wildman–Crippen LogP) is 1.56. The Bertz CT molecular complexity index is 1030. The van der Waals surface area contributed by atoms with Crippen LogP contribution in [-0.4, -0.2) is 41.0 Å². The number of nitrogens with two attached hydrogens (primary N) is 1. The second-order valence-corrected chi connectivity index (χ2v) is 7.04. The fourth-order valence-corrected chi connectivity index (χ4v) is 3.59. The topological polar surface area (TPSA) is 135 Å². The third-order valence-electron chi connectivity index (χ3n) is 5.23. The molecule has 10 heteroatoms. The number of hydrogen-bond donors (Lipinski definition) is 3. The quantitative estimate of drug-likeness (QED) is 0.671. The summed E-state index contributed by atoms with van der Waals surface area (Å²) in [5.41, 5.74) is 8.20. The van der Waals surface area contributed by atoms with Crippen LogP contribution in [0.15, 0.2) is 24.3 Å². The van der Waals surface area contributed by atoms with Gasteiger partial charge in [0.05, 0.1) is 24.6 Å². The molecule has 1 aromatic carbocycles. The molecule has 29 heavy (non-hydrogen) atoms. The van der Waals surface area contributed by atoms with Crippen LogP contribution in [0.1, 0.15) is 33.9 Å². The summed E-state index contributed by atoms with van der Waals surface area (Å²) in [7, 11) is -0.969. The van der Waals surface area contributed by atoms with Gasteiger partial charge in [-0.05, 0) is 37.0 Å². The number of amides is 1. The van der Waals surface area contributed by atoms with Crippen molar-refractivity contribution in [2.75, 3.05) is 18.5 Å². The van der Waals surface area contributed by atoms with Gasteiger partial charge in [0.15, 0.2) is 5.82 Å². The molecular formula is C19H20BN5O4. The molecule has 0 bridgehead atoms. The number of rotatable bonds is 4. The number of primary amides is 1. The number of nitriles is 1. The number of fused-ring (bicyclic) bond motifs is 1. The van der Waals surface area contributed by atoms with E-state index in [1.807, 2.05) is 6.92 Å². The number of aromatic nitrogens is 2. The van der Waals surface area contributed by atoms with E-state index in [1.54, 1.807) is 35.1 Å². The summed E-state index contributed by atoms with van der Waals surface area (Å²) in [5, 5.41) is 26.7. The van der Waals surface area contributed by atoms with Gasteiger partial charge in [0.25, 0.3) is 5.91 Å². The SMILES string of the molecule is Cc1c(Nc2nn(C3COCC[C@@H]3C#N)cc2C(N)=O)ccc2c1C=CB(O)O2. The standard InChI is InChI=1S/C19H20BN5O4/c1-11-13-4-6-20(27)29-17(13)3-2-15(11)23-19-14(18(22)26)9-25(24-19)16-10-28-7-5-12(16)8-21/h2-4,6,9,12,16,27H,5,7,10H2,1H3,(H2,22,26)(H,23,24)/t12-,16?/m1/s1. The fourth-order valence-electron chi connectivity index (χ4n) is 3.59. The van der Waals surface area contributed by atoms with Crippen LogP contribution in [-0.2, 0) is 4.74 Å². The molecule has 2 atom stereocenters. The summed E-state index contributed by atoms with van der Waals surface area (Å²) in [6.45, 7) is 2.77. The van der Waals surface area contributed by atoms with Crippen molar-refractivity contribution in [3.63, 3.8) is 0 Å². The molecule has 1 fully saturated rings. The monoisotopic (exact) mass is 393 g/mol. The molecule has 0 radical (unpaired) electrons. The minimum atomic E-state index is -0.969. The third-order valence-corrected chi connectivity index (χ3v) is 5.23. The van der Waals surface area contributed by atoms with Gasteiger partial charge in [0, 0.05) is 24.1 Å². The average Bonchev–Trinajstić information content (AvgIpc) is 3.14. The summed E-state index contributed by atoms with van der Waals surface area (Å²) >= 11 is 0. The van der Waals surface area contributed by atoms with Crippen molar-refractivity contribution in [2.24, 2.45) is 11.7 Å². The molecule has 4 N–H and O–H groups in total. The van der Waals surface area contributed by atoms with Gasteiger partial charge >= 0.3 is 7.12 Å². The molecule has 4 rings (SSSR count). The third kappa shape index (κ3) is 3.58. The Labute approximate surface area is 167 Å². The van der Waals surface area contributed by atoms with Crippen molar-refractivity contribution < 1.29 is 19.2 Å². The van der Waals surface area contributed by atoms with Gasteiger partial charge in [-0.1, -0.05) is 6.08 Å². The molecule has 0 aliphatic carbocycles. The second-order valence-electron chi connectivity index (χ2n) is 7.04. The van der Waals surface area contributed by atoms with Crippen molar-refractivity contribution in [2.45, 2.75) is 19.4 Å². The number of benzene rings is 1. The Morgan fingerprint density at radius 2 is 2.34 bits per heavy atom. The zero-order chi connectivity index (χ0) is 20.5. The highest BCUT2D eigenvalue weighted by atomic mass is 16.5. The number of nitrogens with zero attached hydrogens (tertiary/aromatic N) is 3. The molecule has 0 saturated carbocycles. The van der Waals surface area contributed by atoms with Crippen LogP contribution in [0.25, 0.3) is 6.08 Å². The Kier molecular flexibility index (Phi) is 5.00. The maximum Gasteiger partial charge on any atom is 0.552 e. The summed E-state index contributed by atoms with van der Waals surface area (Å²) in [6, 6.07) is 5.52. The van der Waals surface area contributed by atoms with Gasteiger partial charge in [-0.25, -0.2) is 0 Å². The van der Waals surface area contributed by atoms with E-state index in [2.05, 4.69) is 16.5 Å². The number of carbonyl (C=O) groups excluding carboxylic acids is 1. The van der Waals surface area contributed by atoms with Crippen molar-refractivity contribution in [1.29, 1.82) is 5.26 Å².